The summed E-state index contributed by atoms with van der Waals surface area (Å²) >= 11 is 0. The second kappa shape index (κ2) is 11.4. The van der Waals surface area contributed by atoms with E-state index >= 15 is 0 Å². The summed E-state index contributed by atoms with van der Waals surface area (Å²) in [7, 11) is 0. The Labute approximate surface area is 232 Å². The molecular weight excluding hydrogens is 468 g/mol. The third-order valence-electron chi connectivity index (χ3n) is 7.69. The predicted octanol–water partition coefficient (Wildman–Crippen LogP) is 10.9. The van der Waals surface area contributed by atoms with Gasteiger partial charge in [0.2, 0.25) is 0 Å². The Morgan fingerprint density at radius 3 is 0.795 bits per heavy atom. The largest absolute Gasteiger partial charge is 0.0645 e. The van der Waals surface area contributed by atoms with Crippen LogP contribution < -0.4 is 0 Å². The Morgan fingerprint density at radius 2 is 0.538 bits per heavy atom. The van der Waals surface area contributed by atoms with Gasteiger partial charge in [-0.05, 0) is 62.1 Å². The first-order chi connectivity index (χ1) is 19.3. The molecule has 6 aromatic carbocycles. The Morgan fingerprint density at radius 1 is 0.308 bits per heavy atom. The van der Waals surface area contributed by atoms with Crippen LogP contribution in [-0.4, -0.2) is 0 Å². The predicted molar refractivity (Wildman–Crippen MR) is 167 cm³/mol. The molecule has 0 saturated heterocycles. The molecule has 0 aromatic heterocycles. The summed E-state index contributed by atoms with van der Waals surface area (Å²) in [6.07, 6.45) is 1.07. The van der Waals surface area contributed by atoms with Crippen molar-refractivity contribution in [3.8, 4) is 44.5 Å². The molecule has 0 fully saturated rings. The summed E-state index contributed by atoms with van der Waals surface area (Å²) < 4.78 is 0. The Hall–Kier alpha value is -4.68. The van der Waals surface area contributed by atoms with Gasteiger partial charge in [0, 0.05) is 5.92 Å². The summed E-state index contributed by atoms with van der Waals surface area (Å²) in [5, 5.41) is 0. The van der Waals surface area contributed by atoms with Crippen LogP contribution in [0.1, 0.15) is 30.4 Å². The highest BCUT2D eigenvalue weighted by Gasteiger charge is 2.13. The highest BCUT2D eigenvalue weighted by atomic mass is 14.2. The van der Waals surface area contributed by atoms with Crippen LogP contribution >= 0.6 is 0 Å². The first-order valence-electron chi connectivity index (χ1n) is 13.8. The van der Waals surface area contributed by atoms with Crippen LogP contribution in [0.4, 0.5) is 0 Å². The Balaban J connectivity index is 1.17. The minimum atomic E-state index is 0.383. The molecule has 0 atom stereocenters. The molecule has 0 heterocycles. The fourth-order valence-electron chi connectivity index (χ4n) is 5.45. The van der Waals surface area contributed by atoms with Gasteiger partial charge in [-0.15, -0.1) is 0 Å². The third kappa shape index (κ3) is 5.47. The van der Waals surface area contributed by atoms with E-state index in [0.717, 1.165) is 6.42 Å². The average molecular weight is 501 g/mol. The van der Waals surface area contributed by atoms with Crippen molar-refractivity contribution in [2.75, 3.05) is 0 Å². The molecule has 0 bridgehead atoms. The fraction of sp³-hybridized carbons (Fsp3) is 0.0769. The first kappa shape index (κ1) is 24.6. The van der Waals surface area contributed by atoms with Gasteiger partial charge >= 0.3 is 0 Å². The number of rotatable bonds is 7. The highest BCUT2D eigenvalue weighted by Crippen LogP contribution is 2.32. The van der Waals surface area contributed by atoms with Crippen molar-refractivity contribution in [3.05, 3.63) is 169 Å². The SMILES string of the molecule is CCC(c1ccc(-c2ccc(-c3ccccc3)cc2)cc1)c1ccc(-c2ccc(-c3ccccc3)cc2)cc1. The van der Waals surface area contributed by atoms with Crippen LogP contribution in [-0.2, 0) is 0 Å². The van der Waals surface area contributed by atoms with Gasteiger partial charge in [0.05, 0.1) is 0 Å². The van der Waals surface area contributed by atoms with Crippen LogP contribution in [0.5, 0.6) is 0 Å². The van der Waals surface area contributed by atoms with Gasteiger partial charge in [-0.25, -0.2) is 0 Å². The third-order valence-corrected chi connectivity index (χ3v) is 7.69. The highest BCUT2D eigenvalue weighted by molar-refractivity contribution is 5.72. The fourth-order valence-corrected chi connectivity index (χ4v) is 5.45. The second-order valence-corrected chi connectivity index (χ2v) is 10.1. The van der Waals surface area contributed by atoms with Crippen molar-refractivity contribution >= 4 is 0 Å². The molecule has 39 heavy (non-hydrogen) atoms. The summed E-state index contributed by atoms with van der Waals surface area (Å²) in [6.45, 7) is 2.27. The van der Waals surface area contributed by atoms with Crippen molar-refractivity contribution in [2.24, 2.45) is 0 Å². The Bertz CT molecular complexity index is 1480. The monoisotopic (exact) mass is 500 g/mol. The lowest BCUT2D eigenvalue weighted by atomic mass is 9.87. The molecule has 0 spiro atoms. The van der Waals surface area contributed by atoms with Gasteiger partial charge in [-0.2, -0.15) is 0 Å². The lowest BCUT2D eigenvalue weighted by Crippen LogP contribution is -1.99. The van der Waals surface area contributed by atoms with Crippen molar-refractivity contribution in [2.45, 2.75) is 19.3 Å². The zero-order valence-electron chi connectivity index (χ0n) is 22.3. The van der Waals surface area contributed by atoms with Gasteiger partial charge in [0.25, 0.3) is 0 Å². The minimum Gasteiger partial charge on any atom is -0.0645 e. The maximum atomic E-state index is 2.30. The maximum absolute atomic E-state index is 2.30. The minimum absolute atomic E-state index is 0.383. The lowest BCUT2D eigenvalue weighted by molar-refractivity contribution is 0.777. The van der Waals surface area contributed by atoms with Gasteiger partial charge in [0.15, 0.2) is 0 Å². The molecule has 0 nitrogen and oxygen atoms in total. The van der Waals surface area contributed by atoms with Crippen LogP contribution in [0.15, 0.2) is 158 Å². The van der Waals surface area contributed by atoms with Crippen LogP contribution in [0, 0.1) is 0 Å². The topological polar surface area (TPSA) is 0 Å². The van der Waals surface area contributed by atoms with Crippen molar-refractivity contribution in [1.82, 2.24) is 0 Å². The van der Waals surface area contributed by atoms with E-state index in [1.165, 1.54) is 55.6 Å². The average Bonchev–Trinajstić information content (AvgIpc) is 3.03. The van der Waals surface area contributed by atoms with E-state index in [0.29, 0.717) is 5.92 Å². The quantitative estimate of drug-likeness (QED) is 0.204. The summed E-state index contributed by atoms with van der Waals surface area (Å²) in [6, 6.07) is 57.1. The molecular formula is C39H32. The molecule has 6 rings (SSSR count). The van der Waals surface area contributed by atoms with Gasteiger partial charge < -0.3 is 0 Å². The standard InChI is InChI=1S/C39H32/c1-2-39(37-25-21-35(22-26-37)33-17-13-31(14-18-33)29-9-5-3-6-10-29)38-27-23-36(24-28-38)34-19-15-32(16-20-34)30-11-7-4-8-12-30/h3-28,39H,2H2,1H3. The number of hydrogen-bond acceptors (Lipinski definition) is 0. The molecule has 0 saturated carbocycles. The number of benzene rings is 6. The van der Waals surface area contributed by atoms with Gasteiger partial charge in [0.1, 0.15) is 0 Å². The molecule has 0 N–H and O–H groups in total. The van der Waals surface area contributed by atoms with E-state index in [2.05, 4.69) is 165 Å². The van der Waals surface area contributed by atoms with Crippen molar-refractivity contribution in [3.63, 3.8) is 0 Å². The normalized spacial score (nSPS) is 11.0. The number of hydrogen-bond donors (Lipinski definition) is 0. The second-order valence-electron chi connectivity index (χ2n) is 10.1. The molecule has 0 radical (unpaired) electrons. The molecule has 0 aliphatic rings. The van der Waals surface area contributed by atoms with E-state index in [1.807, 2.05) is 0 Å². The maximum Gasteiger partial charge on any atom is 0.00867 e. The van der Waals surface area contributed by atoms with E-state index in [4.69, 9.17) is 0 Å². The summed E-state index contributed by atoms with van der Waals surface area (Å²) in [5.41, 5.74) is 12.7. The molecule has 188 valence electrons. The molecule has 0 aliphatic heterocycles. The lowest BCUT2D eigenvalue weighted by Gasteiger charge is -2.17. The first-order valence-corrected chi connectivity index (χ1v) is 13.8. The van der Waals surface area contributed by atoms with Crippen LogP contribution in [0.25, 0.3) is 44.5 Å². The van der Waals surface area contributed by atoms with Gasteiger partial charge in [-0.1, -0.05) is 165 Å². The molecule has 0 amide bonds. The molecule has 0 aliphatic carbocycles. The van der Waals surface area contributed by atoms with Crippen LogP contribution in [0.3, 0.4) is 0 Å². The Kier molecular flexibility index (Phi) is 7.19. The molecule has 6 aromatic rings. The summed E-state index contributed by atoms with van der Waals surface area (Å²) in [5.74, 6) is 0.383. The van der Waals surface area contributed by atoms with E-state index in [9.17, 15) is 0 Å². The zero-order valence-corrected chi connectivity index (χ0v) is 22.3. The molecule has 0 unspecified atom stereocenters. The zero-order chi connectivity index (χ0) is 26.4. The summed E-state index contributed by atoms with van der Waals surface area (Å²) in [4.78, 5) is 0. The smallest absolute Gasteiger partial charge is 0.00867 e. The van der Waals surface area contributed by atoms with Gasteiger partial charge in [-0.3, -0.25) is 0 Å². The van der Waals surface area contributed by atoms with E-state index < -0.39 is 0 Å². The van der Waals surface area contributed by atoms with Crippen LogP contribution in [0.2, 0.25) is 0 Å². The van der Waals surface area contributed by atoms with E-state index in [-0.39, 0.29) is 0 Å². The van der Waals surface area contributed by atoms with Crippen molar-refractivity contribution < 1.29 is 0 Å². The van der Waals surface area contributed by atoms with E-state index in [1.54, 1.807) is 0 Å². The molecule has 0 heteroatoms. The van der Waals surface area contributed by atoms with Crippen molar-refractivity contribution in [1.29, 1.82) is 0 Å².